The number of piperidine rings is 1. The molecule has 0 aliphatic carbocycles. The van der Waals surface area contributed by atoms with Crippen LogP contribution in [0.1, 0.15) is 39.5 Å². The molecule has 0 saturated carbocycles. The van der Waals surface area contributed by atoms with Crippen molar-refractivity contribution in [3.05, 3.63) is 0 Å². The van der Waals surface area contributed by atoms with E-state index in [2.05, 4.69) is 31.1 Å². The maximum Gasteiger partial charge on any atom is 0.0701 e. The van der Waals surface area contributed by atoms with E-state index in [1.54, 1.807) is 0 Å². The monoisotopic (exact) mass is 374 g/mol. The molecular formula is C20H42N2O4. The quantitative estimate of drug-likeness (QED) is 0.394. The summed E-state index contributed by atoms with van der Waals surface area (Å²) in [6, 6.07) is 0.694. The second-order valence-corrected chi connectivity index (χ2v) is 7.39. The van der Waals surface area contributed by atoms with Gasteiger partial charge in [0.1, 0.15) is 0 Å². The molecule has 6 nitrogen and oxygen atoms in total. The van der Waals surface area contributed by atoms with E-state index in [4.69, 9.17) is 18.9 Å². The third-order valence-electron chi connectivity index (χ3n) is 4.73. The molecule has 26 heavy (non-hydrogen) atoms. The molecule has 0 radical (unpaired) electrons. The number of nitrogens with zero attached hydrogens (tertiary/aromatic N) is 1. The Balaban J connectivity index is 1.71. The lowest BCUT2D eigenvalue weighted by molar-refractivity contribution is -0.00488. The van der Waals surface area contributed by atoms with E-state index in [1.807, 2.05) is 0 Å². The van der Waals surface area contributed by atoms with Gasteiger partial charge in [-0.25, -0.2) is 0 Å². The van der Waals surface area contributed by atoms with Gasteiger partial charge in [0.05, 0.1) is 46.2 Å². The van der Waals surface area contributed by atoms with Crippen LogP contribution < -0.4 is 5.32 Å². The van der Waals surface area contributed by atoms with E-state index >= 15 is 0 Å². The van der Waals surface area contributed by atoms with Gasteiger partial charge in [0, 0.05) is 19.2 Å². The van der Waals surface area contributed by atoms with Crippen LogP contribution >= 0.6 is 0 Å². The molecule has 0 spiro atoms. The highest BCUT2D eigenvalue weighted by Crippen LogP contribution is 2.09. The van der Waals surface area contributed by atoms with Gasteiger partial charge < -0.3 is 29.2 Å². The summed E-state index contributed by atoms with van der Waals surface area (Å²) in [7, 11) is 2.05. The molecular weight excluding hydrogens is 332 g/mol. The fourth-order valence-corrected chi connectivity index (χ4v) is 2.99. The Hall–Kier alpha value is -0.240. The normalized spacial score (nSPS) is 16.6. The summed E-state index contributed by atoms with van der Waals surface area (Å²) in [5, 5.41) is 3.36. The molecule has 156 valence electrons. The second kappa shape index (κ2) is 16.9. The number of hydrogen-bond donors (Lipinski definition) is 1. The summed E-state index contributed by atoms with van der Waals surface area (Å²) < 4.78 is 22.2. The molecule has 1 saturated heterocycles. The van der Waals surface area contributed by atoms with Crippen LogP contribution in [-0.4, -0.2) is 90.5 Å². The highest BCUT2D eigenvalue weighted by atomic mass is 16.6. The Morgan fingerprint density at radius 2 is 1.31 bits per heavy atom. The van der Waals surface area contributed by atoms with Crippen LogP contribution in [0.15, 0.2) is 0 Å². The van der Waals surface area contributed by atoms with Crippen molar-refractivity contribution in [1.29, 1.82) is 0 Å². The van der Waals surface area contributed by atoms with E-state index < -0.39 is 0 Å². The van der Waals surface area contributed by atoms with E-state index in [9.17, 15) is 0 Å². The van der Waals surface area contributed by atoms with Gasteiger partial charge in [-0.2, -0.15) is 0 Å². The van der Waals surface area contributed by atoms with Gasteiger partial charge in [-0.3, -0.25) is 0 Å². The summed E-state index contributed by atoms with van der Waals surface area (Å²) in [6.07, 6.45) is 4.84. The first-order chi connectivity index (χ1) is 12.7. The Morgan fingerprint density at radius 3 is 1.81 bits per heavy atom. The molecule has 1 rings (SSSR count). The first-order valence-corrected chi connectivity index (χ1v) is 10.4. The molecule has 0 bridgehead atoms. The standard InChI is InChI=1S/C20H42N2O4/c1-19(2)5-4-11-23-13-15-25-17-18-26-16-14-24-12-10-22-8-6-20(21-3)7-9-22/h19-21H,4-18H2,1-3H3. The Morgan fingerprint density at radius 1 is 0.808 bits per heavy atom. The molecule has 6 heteroatoms. The average Bonchev–Trinajstić information content (AvgIpc) is 2.65. The summed E-state index contributed by atoms with van der Waals surface area (Å²) in [4.78, 5) is 2.48. The fraction of sp³-hybridized carbons (Fsp3) is 1.00. The Bertz CT molecular complexity index is 298. The minimum atomic E-state index is 0.619. The minimum absolute atomic E-state index is 0.619. The van der Waals surface area contributed by atoms with E-state index in [-0.39, 0.29) is 0 Å². The van der Waals surface area contributed by atoms with Gasteiger partial charge in [0.2, 0.25) is 0 Å². The first-order valence-electron chi connectivity index (χ1n) is 10.4. The lowest BCUT2D eigenvalue weighted by atomic mass is 10.1. The smallest absolute Gasteiger partial charge is 0.0701 e. The third-order valence-corrected chi connectivity index (χ3v) is 4.73. The second-order valence-electron chi connectivity index (χ2n) is 7.39. The first kappa shape index (κ1) is 23.8. The molecule has 0 atom stereocenters. The summed E-state index contributed by atoms with van der Waals surface area (Å²) in [6.45, 7) is 13.3. The van der Waals surface area contributed by atoms with Crippen LogP contribution in [0, 0.1) is 5.92 Å². The Kier molecular flexibility index (Phi) is 15.5. The lowest BCUT2D eigenvalue weighted by Gasteiger charge is -2.31. The van der Waals surface area contributed by atoms with Crippen molar-refractivity contribution in [2.24, 2.45) is 5.92 Å². The Labute approximate surface area is 160 Å². The molecule has 0 unspecified atom stereocenters. The molecule has 0 amide bonds. The maximum absolute atomic E-state index is 5.65. The zero-order valence-corrected chi connectivity index (χ0v) is 17.3. The van der Waals surface area contributed by atoms with Crippen LogP contribution in [0.4, 0.5) is 0 Å². The number of hydrogen-bond acceptors (Lipinski definition) is 6. The summed E-state index contributed by atoms with van der Waals surface area (Å²) in [5.74, 6) is 0.756. The van der Waals surface area contributed by atoms with E-state index in [1.165, 1.54) is 32.4 Å². The van der Waals surface area contributed by atoms with Crippen molar-refractivity contribution < 1.29 is 18.9 Å². The van der Waals surface area contributed by atoms with Gasteiger partial charge in [0.15, 0.2) is 0 Å². The van der Waals surface area contributed by atoms with Crippen molar-refractivity contribution in [3.63, 3.8) is 0 Å². The average molecular weight is 375 g/mol. The zero-order chi connectivity index (χ0) is 18.9. The molecule has 1 N–H and O–H groups in total. The highest BCUT2D eigenvalue weighted by molar-refractivity contribution is 4.75. The fourth-order valence-electron chi connectivity index (χ4n) is 2.99. The number of likely N-dealkylation sites (tertiary alicyclic amines) is 1. The molecule has 1 aliphatic rings. The van der Waals surface area contributed by atoms with Crippen molar-refractivity contribution >= 4 is 0 Å². The number of nitrogens with one attached hydrogen (secondary N) is 1. The van der Waals surface area contributed by atoms with Crippen LogP contribution in [0.2, 0.25) is 0 Å². The summed E-state index contributed by atoms with van der Waals surface area (Å²) >= 11 is 0. The number of rotatable bonds is 17. The van der Waals surface area contributed by atoms with Crippen LogP contribution in [-0.2, 0) is 18.9 Å². The topological polar surface area (TPSA) is 52.2 Å². The SMILES string of the molecule is CNC1CCN(CCOCCOCCOCCOCCCC(C)C)CC1. The van der Waals surface area contributed by atoms with Crippen LogP contribution in [0.5, 0.6) is 0 Å². The molecule has 0 aromatic rings. The van der Waals surface area contributed by atoms with Gasteiger partial charge in [0.25, 0.3) is 0 Å². The number of ether oxygens (including phenoxy) is 4. The van der Waals surface area contributed by atoms with Crippen LogP contribution in [0.25, 0.3) is 0 Å². The predicted molar refractivity (Wildman–Crippen MR) is 106 cm³/mol. The van der Waals surface area contributed by atoms with Crippen molar-refractivity contribution in [2.45, 2.75) is 45.6 Å². The van der Waals surface area contributed by atoms with Gasteiger partial charge in [-0.15, -0.1) is 0 Å². The molecule has 1 aliphatic heterocycles. The van der Waals surface area contributed by atoms with Gasteiger partial charge in [-0.1, -0.05) is 13.8 Å². The van der Waals surface area contributed by atoms with E-state index in [0.29, 0.717) is 45.7 Å². The highest BCUT2D eigenvalue weighted by Gasteiger charge is 2.16. The largest absolute Gasteiger partial charge is 0.379 e. The third kappa shape index (κ3) is 13.9. The van der Waals surface area contributed by atoms with Crippen molar-refractivity contribution in [3.8, 4) is 0 Å². The summed E-state index contributed by atoms with van der Waals surface area (Å²) in [5.41, 5.74) is 0. The maximum atomic E-state index is 5.65. The molecule has 1 fully saturated rings. The zero-order valence-electron chi connectivity index (χ0n) is 17.3. The van der Waals surface area contributed by atoms with Crippen molar-refractivity contribution in [2.75, 3.05) is 79.5 Å². The van der Waals surface area contributed by atoms with Gasteiger partial charge in [-0.05, 0) is 51.7 Å². The van der Waals surface area contributed by atoms with Crippen molar-refractivity contribution in [1.82, 2.24) is 10.2 Å². The van der Waals surface area contributed by atoms with Crippen LogP contribution in [0.3, 0.4) is 0 Å². The molecule has 1 heterocycles. The predicted octanol–water partition coefficient (Wildman–Crippen LogP) is 2.17. The van der Waals surface area contributed by atoms with E-state index in [0.717, 1.165) is 32.1 Å². The molecule has 0 aromatic heterocycles. The van der Waals surface area contributed by atoms with Gasteiger partial charge >= 0.3 is 0 Å². The molecule has 0 aromatic carbocycles. The minimum Gasteiger partial charge on any atom is -0.379 e. The lowest BCUT2D eigenvalue weighted by Crippen LogP contribution is -2.42.